The minimum Gasteiger partial charge on any atom is -0.335 e. The van der Waals surface area contributed by atoms with Gasteiger partial charge < -0.3 is 5.32 Å². The molecule has 0 aliphatic heterocycles. The molecule has 2 unspecified atom stereocenters. The van der Waals surface area contributed by atoms with Crippen molar-refractivity contribution < 1.29 is 4.79 Å². The molecule has 1 heterocycles. The van der Waals surface area contributed by atoms with E-state index < -0.39 is 0 Å². The molecule has 0 radical (unpaired) electrons. The molecule has 1 aliphatic carbocycles. The first-order chi connectivity index (χ1) is 7.75. The third-order valence-electron chi connectivity index (χ3n) is 3.32. The Balaban J connectivity index is 1.87. The van der Waals surface area contributed by atoms with Crippen LogP contribution in [0.3, 0.4) is 0 Å². The Morgan fingerprint density at radius 2 is 2.25 bits per heavy atom. The Morgan fingerprint density at radius 3 is 3.00 bits per heavy atom. The second kappa shape index (κ2) is 5.14. The fourth-order valence-electron chi connectivity index (χ4n) is 2.26. The van der Waals surface area contributed by atoms with Crippen LogP contribution in [0.1, 0.15) is 39.0 Å². The molecule has 16 heavy (non-hydrogen) atoms. The van der Waals surface area contributed by atoms with Crippen LogP contribution >= 0.6 is 0 Å². The lowest BCUT2D eigenvalue weighted by atomic mass is 10.0. The average molecular weight is 221 g/mol. The first-order valence-corrected chi connectivity index (χ1v) is 6.04. The van der Waals surface area contributed by atoms with Crippen molar-refractivity contribution in [1.29, 1.82) is 0 Å². The Morgan fingerprint density at radius 1 is 1.38 bits per heavy atom. The number of carbonyl (C=O) groups is 1. The second-order valence-electron chi connectivity index (χ2n) is 4.73. The molecule has 0 saturated heterocycles. The molecule has 88 valence electrons. The first kappa shape index (κ1) is 11.2. The molecule has 0 aromatic carbocycles. The smallest absolute Gasteiger partial charge is 0.327 e. The third-order valence-corrected chi connectivity index (χ3v) is 3.32. The lowest BCUT2D eigenvalue weighted by Gasteiger charge is -2.16. The van der Waals surface area contributed by atoms with Crippen molar-refractivity contribution in [1.82, 2.24) is 14.9 Å². The van der Waals surface area contributed by atoms with Crippen LogP contribution in [0.25, 0.3) is 0 Å². The molecular weight excluding hydrogens is 202 g/mol. The molecule has 1 aromatic heterocycles. The van der Waals surface area contributed by atoms with Gasteiger partial charge in [0, 0.05) is 18.4 Å². The highest BCUT2D eigenvalue weighted by Crippen LogP contribution is 2.22. The lowest BCUT2D eigenvalue weighted by molar-refractivity contribution is 0.237. The van der Waals surface area contributed by atoms with Gasteiger partial charge in [-0.15, -0.1) is 0 Å². The third kappa shape index (κ3) is 2.84. The molecular formula is C12H19N3O. The molecule has 1 aliphatic rings. The van der Waals surface area contributed by atoms with Gasteiger partial charge in [0.05, 0.1) is 0 Å². The normalized spacial score (nSPS) is 26.1. The minimum atomic E-state index is -0.0583. The summed E-state index contributed by atoms with van der Waals surface area (Å²) < 4.78 is 1.49. The van der Waals surface area contributed by atoms with Gasteiger partial charge in [0.2, 0.25) is 0 Å². The van der Waals surface area contributed by atoms with Crippen molar-refractivity contribution >= 4 is 6.03 Å². The van der Waals surface area contributed by atoms with Crippen LogP contribution < -0.4 is 5.32 Å². The summed E-state index contributed by atoms with van der Waals surface area (Å²) in [5.74, 6) is 0.801. The molecule has 2 atom stereocenters. The molecule has 1 saturated carbocycles. The summed E-state index contributed by atoms with van der Waals surface area (Å²) in [4.78, 5) is 15.6. The van der Waals surface area contributed by atoms with Gasteiger partial charge in [0.25, 0.3) is 0 Å². The summed E-state index contributed by atoms with van der Waals surface area (Å²) in [6.07, 6.45) is 10.8. The van der Waals surface area contributed by atoms with Gasteiger partial charge >= 0.3 is 6.03 Å². The van der Waals surface area contributed by atoms with Crippen molar-refractivity contribution in [2.24, 2.45) is 5.92 Å². The van der Waals surface area contributed by atoms with Crippen molar-refractivity contribution in [3.63, 3.8) is 0 Å². The fourth-order valence-corrected chi connectivity index (χ4v) is 2.26. The van der Waals surface area contributed by atoms with E-state index in [9.17, 15) is 4.79 Å². The van der Waals surface area contributed by atoms with E-state index in [0.29, 0.717) is 6.04 Å². The van der Waals surface area contributed by atoms with Crippen LogP contribution in [0.2, 0.25) is 0 Å². The summed E-state index contributed by atoms with van der Waals surface area (Å²) in [5, 5.41) is 3.07. The fraction of sp³-hybridized carbons (Fsp3) is 0.667. The van der Waals surface area contributed by atoms with E-state index >= 15 is 0 Å². The van der Waals surface area contributed by atoms with Crippen LogP contribution in [0.15, 0.2) is 18.7 Å². The first-order valence-electron chi connectivity index (χ1n) is 6.04. The summed E-state index contributed by atoms with van der Waals surface area (Å²) >= 11 is 0. The van der Waals surface area contributed by atoms with E-state index in [2.05, 4.69) is 17.2 Å². The van der Waals surface area contributed by atoms with E-state index in [1.807, 2.05) is 0 Å². The van der Waals surface area contributed by atoms with E-state index in [-0.39, 0.29) is 6.03 Å². The van der Waals surface area contributed by atoms with Crippen molar-refractivity contribution in [2.45, 2.75) is 45.1 Å². The molecule has 1 N–H and O–H groups in total. The lowest BCUT2D eigenvalue weighted by Crippen LogP contribution is -2.36. The van der Waals surface area contributed by atoms with Crippen LogP contribution in [0.5, 0.6) is 0 Å². The van der Waals surface area contributed by atoms with Gasteiger partial charge in [0.15, 0.2) is 0 Å². The molecule has 4 nitrogen and oxygen atoms in total. The monoisotopic (exact) mass is 221 g/mol. The second-order valence-corrected chi connectivity index (χ2v) is 4.73. The number of rotatable bonds is 1. The van der Waals surface area contributed by atoms with Crippen LogP contribution in [-0.4, -0.2) is 21.6 Å². The Bertz CT molecular complexity index is 334. The highest BCUT2D eigenvalue weighted by molar-refractivity contribution is 5.76. The maximum absolute atomic E-state index is 11.8. The van der Waals surface area contributed by atoms with Crippen molar-refractivity contribution in [3.05, 3.63) is 18.7 Å². The predicted octanol–water partition coefficient (Wildman–Crippen LogP) is 2.41. The van der Waals surface area contributed by atoms with E-state index in [0.717, 1.165) is 18.8 Å². The van der Waals surface area contributed by atoms with Gasteiger partial charge in [-0.3, -0.25) is 4.57 Å². The largest absolute Gasteiger partial charge is 0.335 e. The van der Waals surface area contributed by atoms with Gasteiger partial charge in [-0.1, -0.05) is 19.8 Å². The quantitative estimate of drug-likeness (QED) is 0.740. The van der Waals surface area contributed by atoms with Crippen LogP contribution in [-0.2, 0) is 0 Å². The topological polar surface area (TPSA) is 46.9 Å². The Hall–Kier alpha value is -1.32. The number of hydrogen-bond donors (Lipinski definition) is 1. The molecule has 2 rings (SSSR count). The average Bonchev–Trinajstić information content (AvgIpc) is 2.72. The molecule has 0 bridgehead atoms. The zero-order chi connectivity index (χ0) is 11.4. The number of carbonyl (C=O) groups excluding carboxylic acids is 1. The van der Waals surface area contributed by atoms with Gasteiger partial charge in [0.1, 0.15) is 6.33 Å². The summed E-state index contributed by atoms with van der Waals surface area (Å²) in [6.45, 7) is 2.29. The van der Waals surface area contributed by atoms with Crippen molar-refractivity contribution in [3.8, 4) is 0 Å². The van der Waals surface area contributed by atoms with E-state index in [4.69, 9.17) is 0 Å². The summed E-state index contributed by atoms with van der Waals surface area (Å²) in [7, 11) is 0. The standard InChI is InChI=1S/C12H19N3O/c1-10-3-2-4-11(6-5-10)14-12(16)15-8-7-13-9-15/h7-11H,2-6H2,1H3,(H,14,16). The van der Waals surface area contributed by atoms with E-state index in [1.165, 1.54) is 30.2 Å². The zero-order valence-corrected chi connectivity index (χ0v) is 9.72. The number of nitrogens with one attached hydrogen (secondary N) is 1. The number of aromatic nitrogens is 2. The Kier molecular flexibility index (Phi) is 3.59. The predicted molar refractivity (Wildman–Crippen MR) is 62.2 cm³/mol. The maximum atomic E-state index is 11.8. The van der Waals surface area contributed by atoms with Crippen LogP contribution in [0.4, 0.5) is 4.79 Å². The zero-order valence-electron chi connectivity index (χ0n) is 9.72. The summed E-state index contributed by atoms with van der Waals surface area (Å²) in [6, 6.07) is 0.275. The van der Waals surface area contributed by atoms with Gasteiger partial charge in [-0.05, 0) is 25.2 Å². The molecule has 0 spiro atoms. The highest BCUT2D eigenvalue weighted by Gasteiger charge is 2.18. The highest BCUT2D eigenvalue weighted by atomic mass is 16.2. The van der Waals surface area contributed by atoms with Gasteiger partial charge in [-0.25, -0.2) is 9.78 Å². The van der Waals surface area contributed by atoms with Crippen LogP contribution in [0, 0.1) is 5.92 Å². The number of imidazole rings is 1. The van der Waals surface area contributed by atoms with E-state index in [1.54, 1.807) is 12.4 Å². The molecule has 1 fully saturated rings. The molecule has 4 heteroatoms. The van der Waals surface area contributed by atoms with Gasteiger partial charge in [-0.2, -0.15) is 0 Å². The molecule has 1 amide bonds. The van der Waals surface area contributed by atoms with Crippen molar-refractivity contribution in [2.75, 3.05) is 0 Å². The number of nitrogens with zero attached hydrogens (tertiary/aromatic N) is 2. The Labute approximate surface area is 96.1 Å². The number of hydrogen-bond acceptors (Lipinski definition) is 2. The maximum Gasteiger partial charge on any atom is 0.327 e. The number of amides is 1. The minimum absolute atomic E-state index is 0.0583. The summed E-state index contributed by atoms with van der Waals surface area (Å²) in [5.41, 5.74) is 0. The SMILES string of the molecule is CC1CCCC(NC(=O)n2ccnc2)CC1. The molecule has 1 aromatic rings.